The van der Waals surface area contributed by atoms with Crippen LogP contribution in [0.25, 0.3) is 0 Å². The molecule has 0 radical (unpaired) electrons. The van der Waals surface area contributed by atoms with E-state index in [0.717, 1.165) is 44.2 Å². The van der Waals surface area contributed by atoms with Crippen molar-refractivity contribution in [1.29, 1.82) is 0 Å². The third-order valence-electron chi connectivity index (χ3n) is 3.13. The zero-order valence-corrected chi connectivity index (χ0v) is 12.6. The van der Waals surface area contributed by atoms with Gasteiger partial charge in [0.15, 0.2) is 0 Å². The first-order chi connectivity index (χ1) is 9.06. The Morgan fingerprint density at radius 2 is 1.95 bits per heavy atom. The number of rotatable bonds is 8. The van der Waals surface area contributed by atoms with Gasteiger partial charge < -0.3 is 16.0 Å². The van der Waals surface area contributed by atoms with Crippen LogP contribution >= 0.6 is 0 Å². The number of nitrogen functional groups attached to an aromatic ring is 1. The quantitative estimate of drug-likeness (QED) is 0.706. The lowest BCUT2D eigenvalue weighted by Gasteiger charge is -2.18. The monoisotopic (exact) mass is 265 g/mol. The molecule has 108 valence electrons. The van der Waals surface area contributed by atoms with Gasteiger partial charge in [0.25, 0.3) is 0 Å². The van der Waals surface area contributed by atoms with Crippen molar-refractivity contribution in [3.8, 4) is 0 Å². The third kappa shape index (κ3) is 5.42. The van der Waals surface area contributed by atoms with E-state index < -0.39 is 0 Å². The second-order valence-electron chi connectivity index (χ2n) is 5.00. The summed E-state index contributed by atoms with van der Waals surface area (Å²) in [6.07, 6.45) is 1.10. The lowest BCUT2D eigenvalue weighted by molar-refractivity contribution is 0.303. The maximum atomic E-state index is 5.79. The lowest BCUT2D eigenvalue weighted by atomic mass is 10.2. The number of aromatic nitrogens is 2. The molecule has 1 aromatic rings. The third-order valence-corrected chi connectivity index (χ3v) is 3.13. The van der Waals surface area contributed by atoms with Gasteiger partial charge >= 0.3 is 0 Å². The van der Waals surface area contributed by atoms with Gasteiger partial charge in [-0.1, -0.05) is 27.7 Å². The van der Waals surface area contributed by atoms with Crippen molar-refractivity contribution in [2.24, 2.45) is 0 Å². The summed E-state index contributed by atoms with van der Waals surface area (Å²) in [6, 6.07) is 1.79. The predicted molar refractivity (Wildman–Crippen MR) is 81.4 cm³/mol. The fraction of sp³-hybridized carbons (Fsp3) is 0.714. The largest absolute Gasteiger partial charge is 0.384 e. The Morgan fingerprint density at radius 1 is 1.26 bits per heavy atom. The molecule has 0 aliphatic heterocycles. The number of nitrogens with zero attached hydrogens (tertiary/aromatic N) is 3. The summed E-state index contributed by atoms with van der Waals surface area (Å²) < 4.78 is 0. The van der Waals surface area contributed by atoms with E-state index in [1.807, 2.05) is 0 Å². The molecule has 0 saturated carbocycles. The summed E-state index contributed by atoms with van der Waals surface area (Å²) in [4.78, 5) is 11.1. The Labute approximate surface area is 116 Å². The fourth-order valence-electron chi connectivity index (χ4n) is 1.89. The van der Waals surface area contributed by atoms with Crippen LogP contribution in [0, 0.1) is 0 Å². The summed E-state index contributed by atoms with van der Waals surface area (Å²) in [7, 11) is 0. The highest BCUT2D eigenvalue weighted by atomic mass is 15.1. The second-order valence-corrected chi connectivity index (χ2v) is 5.00. The van der Waals surface area contributed by atoms with Crippen LogP contribution in [-0.2, 0) is 0 Å². The van der Waals surface area contributed by atoms with E-state index in [1.165, 1.54) is 0 Å². The standard InChI is InChI=1S/C14H27N5/c1-5-19(6-2)9-7-8-16-13-10-12(15)17-14(18-13)11(3)4/h10-11H,5-9H2,1-4H3,(H3,15,16,17,18). The maximum absolute atomic E-state index is 5.79. The SMILES string of the molecule is CCN(CC)CCCNc1cc(N)nc(C(C)C)n1. The summed E-state index contributed by atoms with van der Waals surface area (Å²) >= 11 is 0. The molecule has 0 bridgehead atoms. The van der Waals surface area contributed by atoms with Crippen LogP contribution < -0.4 is 11.1 Å². The molecule has 0 aliphatic carbocycles. The minimum Gasteiger partial charge on any atom is -0.384 e. The first-order valence-electron chi connectivity index (χ1n) is 7.17. The predicted octanol–water partition coefficient (Wildman–Crippen LogP) is 2.33. The molecule has 0 saturated heterocycles. The van der Waals surface area contributed by atoms with E-state index in [4.69, 9.17) is 5.73 Å². The highest BCUT2D eigenvalue weighted by molar-refractivity contribution is 5.44. The highest BCUT2D eigenvalue weighted by Gasteiger charge is 2.06. The summed E-state index contributed by atoms with van der Waals surface area (Å²) in [5.74, 6) is 2.45. The van der Waals surface area contributed by atoms with E-state index in [9.17, 15) is 0 Å². The van der Waals surface area contributed by atoms with Gasteiger partial charge in [-0.3, -0.25) is 0 Å². The molecular weight excluding hydrogens is 238 g/mol. The minimum absolute atomic E-state index is 0.291. The molecular formula is C14H27N5. The minimum atomic E-state index is 0.291. The van der Waals surface area contributed by atoms with Gasteiger partial charge in [-0.2, -0.15) is 0 Å². The van der Waals surface area contributed by atoms with Crippen molar-refractivity contribution < 1.29 is 0 Å². The number of nitrogens with one attached hydrogen (secondary N) is 1. The Morgan fingerprint density at radius 3 is 2.53 bits per heavy atom. The first kappa shape index (κ1) is 15.7. The molecule has 0 amide bonds. The Hall–Kier alpha value is -1.36. The van der Waals surface area contributed by atoms with Crippen LogP contribution in [0.5, 0.6) is 0 Å². The van der Waals surface area contributed by atoms with Crippen molar-refractivity contribution in [3.05, 3.63) is 11.9 Å². The van der Waals surface area contributed by atoms with Gasteiger partial charge in [0, 0.05) is 18.5 Å². The molecule has 1 heterocycles. The van der Waals surface area contributed by atoms with Gasteiger partial charge in [-0.05, 0) is 26.1 Å². The van der Waals surface area contributed by atoms with Crippen LogP contribution in [0.4, 0.5) is 11.6 Å². The van der Waals surface area contributed by atoms with Gasteiger partial charge in [0.1, 0.15) is 17.5 Å². The molecule has 1 aromatic heterocycles. The van der Waals surface area contributed by atoms with E-state index in [-0.39, 0.29) is 0 Å². The van der Waals surface area contributed by atoms with Crippen molar-refractivity contribution >= 4 is 11.6 Å². The second kappa shape index (κ2) is 7.94. The average Bonchev–Trinajstić information content (AvgIpc) is 2.38. The maximum Gasteiger partial charge on any atom is 0.135 e. The molecule has 5 heteroatoms. The zero-order chi connectivity index (χ0) is 14.3. The topological polar surface area (TPSA) is 67.1 Å². The number of nitrogens with two attached hydrogens (primary N) is 1. The van der Waals surface area contributed by atoms with Gasteiger partial charge in [0.2, 0.25) is 0 Å². The van der Waals surface area contributed by atoms with Crippen molar-refractivity contribution in [2.75, 3.05) is 37.2 Å². The van der Waals surface area contributed by atoms with Crippen LogP contribution in [0.3, 0.4) is 0 Å². The molecule has 3 N–H and O–H groups in total. The van der Waals surface area contributed by atoms with Crippen molar-refractivity contribution in [1.82, 2.24) is 14.9 Å². The van der Waals surface area contributed by atoms with E-state index >= 15 is 0 Å². The molecule has 0 fully saturated rings. The van der Waals surface area contributed by atoms with Crippen LogP contribution in [0.2, 0.25) is 0 Å². The molecule has 0 aromatic carbocycles. The number of anilines is 2. The van der Waals surface area contributed by atoms with Crippen LogP contribution in [0.1, 0.15) is 45.9 Å². The molecule has 1 rings (SSSR count). The number of hydrogen-bond acceptors (Lipinski definition) is 5. The van der Waals surface area contributed by atoms with E-state index in [0.29, 0.717) is 11.7 Å². The lowest BCUT2D eigenvalue weighted by Crippen LogP contribution is -2.25. The van der Waals surface area contributed by atoms with Gasteiger partial charge in [0.05, 0.1) is 0 Å². The fourth-order valence-corrected chi connectivity index (χ4v) is 1.89. The van der Waals surface area contributed by atoms with Crippen molar-refractivity contribution in [2.45, 2.75) is 40.0 Å². The molecule has 0 aliphatic rings. The summed E-state index contributed by atoms with van der Waals surface area (Å²) in [5.41, 5.74) is 5.79. The smallest absolute Gasteiger partial charge is 0.135 e. The normalized spacial score (nSPS) is 11.3. The molecule has 0 atom stereocenters. The van der Waals surface area contributed by atoms with Gasteiger partial charge in [-0.15, -0.1) is 0 Å². The first-order valence-corrected chi connectivity index (χ1v) is 7.17. The summed E-state index contributed by atoms with van der Waals surface area (Å²) in [5, 5.41) is 3.33. The summed E-state index contributed by atoms with van der Waals surface area (Å²) in [6.45, 7) is 12.7. The Bertz CT molecular complexity index is 374. The van der Waals surface area contributed by atoms with Crippen molar-refractivity contribution in [3.63, 3.8) is 0 Å². The molecule has 0 spiro atoms. The molecule has 19 heavy (non-hydrogen) atoms. The number of hydrogen-bond donors (Lipinski definition) is 2. The van der Waals surface area contributed by atoms with E-state index in [2.05, 4.69) is 47.9 Å². The zero-order valence-electron chi connectivity index (χ0n) is 12.6. The molecule has 5 nitrogen and oxygen atoms in total. The van der Waals surface area contributed by atoms with Gasteiger partial charge in [-0.25, -0.2) is 9.97 Å². The van der Waals surface area contributed by atoms with Crippen LogP contribution in [0.15, 0.2) is 6.07 Å². The molecule has 0 unspecified atom stereocenters. The average molecular weight is 265 g/mol. The Balaban J connectivity index is 2.45. The Kier molecular flexibility index (Phi) is 6.56. The van der Waals surface area contributed by atoms with Crippen LogP contribution in [-0.4, -0.2) is 41.0 Å². The van der Waals surface area contributed by atoms with E-state index in [1.54, 1.807) is 6.07 Å². The highest BCUT2D eigenvalue weighted by Crippen LogP contribution is 2.14.